The van der Waals surface area contributed by atoms with E-state index in [2.05, 4.69) is 14.9 Å². The number of aryl methyl sites for hydroxylation is 2. The lowest BCUT2D eigenvalue weighted by molar-refractivity contribution is -0.384. The van der Waals surface area contributed by atoms with E-state index in [-0.39, 0.29) is 10.6 Å². The number of ether oxygens (including phenoxy) is 1. The van der Waals surface area contributed by atoms with Crippen LogP contribution in [0.4, 0.5) is 11.5 Å². The lowest BCUT2D eigenvalue weighted by Gasteiger charge is -2.36. The van der Waals surface area contributed by atoms with E-state index in [0.29, 0.717) is 23.9 Å². The van der Waals surface area contributed by atoms with Crippen LogP contribution in [-0.4, -0.2) is 65.5 Å². The number of nitrogens with zero attached hydrogens (tertiary/aromatic N) is 5. The Morgan fingerprint density at radius 2 is 1.92 bits per heavy atom. The molecule has 0 bridgehead atoms. The van der Waals surface area contributed by atoms with Gasteiger partial charge in [-0.3, -0.25) is 15.0 Å². The normalized spacial score (nSPS) is 20.5. The average Bonchev–Trinajstić information content (AvgIpc) is 2.93. The molecule has 0 N–H and O–H groups in total. The highest BCUT2D eigenvalue weighted by Gasteiger charge is 2.32. The SMILES string of the molecule is CCc1nn(C)c(N2CCC(CN3CCOCC3)CC2)c1[N+](=O)[O-]. The molecule has 24 heavy (non-hydrogen) atoms. The van der Waals surface area contributed by atoms with Crippen LogP contribution in [0.15, 0.2) is 0 Å². The van der Waals surface area contributed by atoms with E-state index in [9.17, 15) is 10.1 Å². The summed E-state index contributed by atoms with van der Waals surface area (Å²) < 4.78 is 7.08. The van der Waals surface area contributed by atoms with Crippen LogP contribution < -0.4 is 4.90 Å². The first kappa shape index (κ1) is 17.2. The number of hydrogen-bond acceptors (Lipinski definition) is 6. The lowest BCUT2D eigenvalue weighted by atomic mass is 9.96. The second kappa shape index (κ2) is 7.48. The Morgan fingerprint density at radius 3 is 2.50 bits per heavy atom. The molecule has 2 aliphatic rings. The molecule has 1 aromatic rings. The van der Waals surface area contributed by atoms with Crippen LogP contribution in [0, 0.1) is 16.0 Å². The number of aromatic nitrogens is 2. The molecule has 2 saturated heterocycles. The van der Waals surface area contributed by atoms with Crippen molar-refractivity contribution in [2.45, 2.75) is 26.2 Å². The molecule has 2 fully saturated rings. The predicted molar refractivity (Wildman–Crippen MR) is 91.4 cm³/mol. The van der Waals surface area contributed by atoms with Crippen LogP contribution in [0.2, 0.25) is 0 Å². The molecule has 3 heterocycles. The maximum Gasteiger partial charge on any atom is 0.334 e. The van der Waals surface area contributed by atoms with Gasteiger partial charge in [-0.1, -0.05) is 6.92 Å². The van der Waals surface area contributed by atoms with Gasteiger partial charge in [0.1, 0.15) is 5.69 Å². The minimum absolute atomic E-state index is 0.187. The zero-order chi connectivity index (χ0) is 17.1. The molecule has 134 valence electrons. The van der Waals surface area contributed by atoms with Crippen molar-refractivity contribution in [3.8, 4) is 0 Å². The third-order valence-corrected chi connectivity index (χ3v) is 5.11. The van der Waals surface area contributed by atoms with E-state index >= 15 is 0 Å². The minimum Gasteiger partial charge on any atom is -0.379 e. The summed E-state index contributed by atoms with van der Waals surface area (Å²) in [6.45, 7) is 8.45. The summed E-state index contributed by atoms with van der Waals surface area (Å²) in [6.07, 6.45) is 2.72. The summed E-state index contributed by atoms with van der Waals surface area (Å²) in [5.41, 5.74) is 0.763. The topological polar surface area (TPSA) is 76.7 Å². The zero-order valence-electron chi connectivity index (χ0n) is 14.6. The van der Waals surface area contributed by atoms with Crippen molar-refractivity contribution >= 4 is 11.5 Å². The molecule has 0 atom stereocenters. The van der Waals surface area contributed by atoms with Gasteiger partial charge < -0.3 is 9.64 Å². The van der Waals surface area contributed by atoms with Gasteiger partial charge in [0.15, 0.2) is 0 Å². The van der Waals surface area contributed by atoms with Crippen LogP contribution in [0.3, 0.4) is 0 Å². The molecule has 8 heteroatoms. The van der Waals surface area contributed by atoms with Crippen LogP contribution in [-0.2, 0) is 18.2 Å². The fraction of sp³-hybridized carbons (Fsp3) is 0.812. The first-order valence-electron chi connectivity index (χ1n) is 8.85. The highest BCUT2D eigenvalue weighted by atomic mass is 16.6. The first-order chi connectivity index (χ1) is 11.6. The maximum atomic E-state index is 11.5. The van der Waals surface area contributed by atoms with Crippen molar-refractivity contribution in [1.82, 2.24) is 14.7 Å². The molecule has 0 amide bonds. The summed E-state index contributed by atoms with van der Waals surface area (Å²) in [5, 5.41) is 15.8. The molecule has 1 aromatic heterocycles. The fourth-order valence-electron chi connectivity index (χ4n) is 3.81. The maximum absolute atomic E-state index is 11.5. The van der Waals surface area contributed by atoms with E-state index in [1.807, 2.05) is 6.92 Å². The van der Waals surface area contributed by atoms with Gasteiger partial charge >= 0.3 is 5.69 Å². The van der Waals surface area contributed by atoms with Gasteiger partial charge in [0.25, 0.3) is 0 Å². The van der Waals surface area contributed by atoms with Gasteiger partial charge in [0, 0.05) is 39.8 Å². The second-order valence-electron chi connectivity index (χ2n) is 6.70. The lowest BCUT2D eigenvalue weighted by Crippen LogP contribution is -2.43. The number of nitro groups is 1. The Morgan fingerprint density at radius 1 is 1.25 bits per heavy atom. The Hall–Kier alpha value is -1.67. The Bertz CT molecular complexity index is 575. The summed E-state index contributed by atoms with van der Waals surface area (Å²) in [7, 11) is 1.81. The van der Waals surface area contributed by atoms with Crippen LogP contribution in [0.5, 0.6) is 0 Å². The van der Waals surface area contributed by atoms with Gasteiger partial charge in [-0.15, -0.1) is 0 Å². The van der Waals surface area contributed by atoms with E-state index in [4.69, 9.17) is 4.74 Å². The molecule has 0 spiro atoms. The first-order valence-corrected chi connectivity index (χ1v) is 8.85. The quantitative estimate of drug-likeness (QED) is 0.598. The van der Waals surface area contributed by atoms with Gasteiger partial charge in [-0.2, -0.15) is 5.10 Å². The van der Waals surface area contributed by atoms with Crippen molar-refractivity contribution in [2.24, 2.45) is 13.0 Å². The van der Waals surface area contributed by atoms with Crippen LogP contribution in [0.25, 0.3) is 0 Å². The number of piperidine rings is 1. The molecule has 0 unspecified atom stereocenters. The highest BCUT2D eigenvalue weighted by molar-refractivity contribution is 5.61. The molecule has 3 rings (SSSR count). The van der Waals surface area contributed by atoms with Gasteiger partial charge in [0.2, 0.25) is 5.82 Å². The minimum atomic E-state index is -0.277. The standard InChI is InChI=1S/C16H27N5O3/c1-3-14-15(21(22)23)16(18(2)17-14)20-6-4-13(5-7-20)12-19-8-10-24-11-9-19/h13H,3-12H2,1-2H3. The predicted octanol–water partition coefficient (Wildman–Crippen LogP) is 1.44. The zero-order valence-corrected chi connectivity index (χ0v) is 14.6. The Balaban J connectivity index is 1.64. The molecule has 8 nitrogen and oxygen atoms in total. The monoisotopic (exact) mass is 337 g/mol. The third-order valence-electron chi connectivity index (χ3n) is 5.11. The number of rotatable bonds is 5. The molecule has 0 radical (unpaired) electrons. The Labute approximate surface area is 142 Å². The number of morpholine rings is 1. The molecule has 2 aliphatic heterocycles. The van der Waals surface area contributed by atoms with E-state index in [0.717, 1.165) is 58.8 Å². The van der Waals surface area contributed by atoms with Crippen LogP contribution in [0.1, 0.15) is 25.5 Å². The smallest absolute Gasteiger partial charge is 0.334 e. The van der Waals surface area contributed by atoms with Crippen molar-refractivity contribution in [3.05, 3.63) is 15.8 Å². The molecule has 0 aliphatic carbocycles. The van der Waals surface area contributed by atoms with Gasteiger partial charge in [-0.05, 0) is 25.2 Å². The summed E-state index contributed by atoms with van der Waals surface area (Å²) >= 11 is 0. The van der Waals surface area contributed by atoms with Gasteiger partial charge in [-0.25, -0.2) is 4.68 Å². The van der Waals surface area contributed by atoms with Crippen molar-refractivity contribution < 1.29 is 9.66 Å². The second-order valence-corrected chi connectivity index (χ2v) is 6.70. The summed E-state index contributed by atoms with van der Waals surface area (Å²) in [6, 6.07) is 0. The highest BCUT2D eigenvalue weighted by Crippen LogP contribution is 2.34. The largest absolute Gasteiger partial charge is 0.379 e. The Kier molecular flexibility index (Phi) is 5.35. The van der Waals surface area contributed by atoms with E-state index in [1.54, 1.807) is 11.7 Å². The number of hydrogen-bond donors (Lipinski definition) is 0. The van der Waals surface area contributed by atoms with Gasteiger partial charge in [0.05, 0.1) is 18.1 Å². The van der Waals surface area contributed by atoms with Crippen molar-refractivity contribution in [2.75, 3.05) is 50.8 Å². The van der Waals surface area contributed by atoms with Crippen molar-refractivity contribution in [1.29, 1.82) is 0 Å². The molecular weight excluding hydrogens is 310 g/mol. The van der Waals surface area contributed by atoms with E-state index < -0.39 is 0 Å². The average molecular weight is 337 g/mol. The van der Waals surface area contributed by atoms with Crippen LogP contribution >= 0.6 is 0 Å². The molecule has 0 saturated carbocycles. The molecule has 0 aromatic carbocycles. The third kappa shape index (κ3) is 3.54. The number of anilines is 1. The van der Waals surface area contributed by atoms with E-state index in [1.165, 1.54) is 0 Å². The van der Waals surface area contributed by atoms with Crippen molar-refractivity contribution in [3.63, 3.8) is 0 Å². The summed E-state index contributed by atoms with van der Waals surface area (Å²) in [4.78, 5) is 15.8. The summed E-state index contributed by atoms with van der Waals surface area (Å²) in [5.74, 6) is 1.33. The molecular formula is C16H27N5O3. The fourth-order valence-corrected chi connectivity index (χ4v) is 3.81.